The predicted octanol–water partition coefficient (Wildman–Crippen LogP) is 3.96. The maximum Gasteiger partial charge on any atom is 0.144 e. The van der Waals surface area contributed by atoms with Gasteiger partial charge in [0.1, 0.15) is 5.82 Å². The van der Waals surface area contributed by atoms with Crippen molar-refractivity contribution in [3.05, 3.63) is 59.4 Å². The van der Waals surface area contributed by atoms with Gasteiger partial charge < -0.3 is 0 Å². The lowest BCUT2D eigenvalue weighted by molar-refractivity contribution is 1.15. The molecule has 3 rings (SSSR count). The summed E-state index contributed by atoms with van der Waals surface area (Å²) >= 11 is 6.03. The third kappa shape index (κ3) is 1.71. The highest BCUT2D eigenvalue weighted by atomic mass is 35.5. The highest BCUT2D eigenvalue weighted by molar-refractivity contribution is 6.30. The number of aromatic nitrogens is 2. The number of hydrogen-bond acceptors (Lipinski definition) is 1. The Bertz CT molecular complexity index is 686. The standard InChI is InChI=1S/C14H11ClN2/c1-10-4-2-3-5-13(10)14-16-8-12-7-6-11(15)9-17(12)14/h2-9H,1H3. The third-order valence-electron chi connectivity index (χ3n) is 2.88. The molecule has 0 amide bonds. The second-order valence-electron chi connectivity index (χ2n) is 4.04. The van der Waals surface area contributed by atoms with Gasteiger partial charge in [0.05, 0.1) is 16.7 Å². The van der Waals surface area contributed by atoms with Crippen LogP contribution in [0, 0.1) is 6.92 Å². The van der Waals surface area contributed by atoms with Crippen molar-refractivity contribution in [3.63, 3.8) is 0 Å². The molecule has 3 aromatic rings. The molecule has 0 spiro atoms. The zero-order valence-electron chi connectivity index (χ0n) is 9.39. The molecular formula is C14H11ClN2. The predicted molar refractivity (Wildman–Crippen MR) is 70.4 cm³/mol. The van der Waals surface area contributed by atoms with Crippen molar-refractivity contribution < 1.29 is 0 Å². The van der Waals surface area contributed by atoms with E-state index in [2.05, 4.69) is 24.0 Å². The number of hydrogen-bond donors (Lipinski definition) is 0. The quantitative estimate of drug-likeness (QED) is 0.631. The molecule has 0 aliphatic rings. The average Bonchev–Trinajstić information content (AvgIpc) is 2.72. The van der Waals surface area contributed by atoms with E-state index in [-0.39, 0.29) is 0 Å². The molecule has 0 unspecified atom stereocenters. The fourth-order valence-electron chi connectivity index (χ4n) is 1.99. The van der Waals surface area contributed by atoms with Gasteiger partial charge in [-0.3, -0.25) is 4.40 Å². The second-order valence-corrected chi connectivity index (χ2v) is 4.48. The molecule has 84 valence electrons. The second kappa shape index (κ2) is 3.90. The first kappa shape index (κ1) is 10.4. The average molecular weight is 243 g/mol. The SMILES string of the molecule is Cc1ccccc1-c1ncc2ccc(Cl)cn12. The number of imidazole rings is 1. The topological polar surface area (TPSA) is 17.3 Å². The summed E-state index contributed by atoms with van der Waals surface area (Å²) in [6, 6.07) is 12.1. The number of fused-ring (bicyclic) bond motifs is 1. The Morgan fingerprint density at radius 1 is 1.12 bits per heavy atom. The molecule has 0 saturated carbocycles. The van der Waals surface area contributed by atoms with E-state index in [1.54, 1.807) is 0 Å². The van der Waals surface area contributed by atoms with Crippen molar-refractivity contribution in [2.24, 2.45) is 0 Å². The lowest BCUT2D eigenvalue weighted by Crippen LogP contribution is -1.91. The van der Waals surface area contributed by atoms with Gasteiger partial charge in [0.15, 0.2) is 0 Å². The molecule has 3 heteroatoms. The van der Waals surface area contributed by atoms with Crippen LogP contribution >= 0.6 is 11.6 Å². The largest absolute Gasteiger partial charge is 0.298 e. The van der Waals surface area contributed by atoms with E-state index in [1.165, 1.54) is 5.56 Å². The van der Waals surface area contributed by atoms with Crippen LogP contribution in [0.5, 0.6) is 0 Å². The van der Waals surface area contributed by atoms with E-state index in [0.717, 1.165) is 16.9 Å². The summed E-state index contributed by atoms with van der Waals surface area (Å²) in [5.74, 6) is 0.931. The third-order valence-corrected chi connectivity index (χ3v) is 3.10. The Morgan fingerprint density at radius 2 is 1.94 bits per heavy atom. The van der Waals surface area contributed by atoms with Crippen LogP contribution in [-0.4, -0.2) is 9.38 Å². The minimum absolute atomic E-state index is 0.713. The summed E-state index contributed by atoms with van der Waals surface area (Å²) in [7, 11) is 0. The molecule has 0 saturated heterocycles. The molecule has 17 heavy (non-hydrogen) atoms. The first-order valence-electron chi connectivity index (χ1n) is 5.44. The van der Waals surface area contributed by atoms with Crippen molar-refractivity contribution in [1.29, 1.82) is 0 Å². The number of nitrogens with zero attached hydrogens (tertiary/aromatic N) is 2. The molecule has 2 aromatic heterocycles. The fourth-order valence-corrected chi connectivity index (χ4v) is 2.15. The van der Waals surface area contributed by atoms with Crippen LogP contribution in [0.15, 0.2) is 48.8 Å². The van der Waals surface area contributed by atoms with Gasteiger partial charge in [-0.05, 0) is 24.6 Å². The zero-order valence-corrected chi connectivity index (χ0v) is 10.1. The van der Waals surface area contributed by atoms with E-state index >= 15 is 0 Å². The summed E-state index contributed by atoms with van der Waals surface area (Å²) in [4.78, 5) is 4.47. The molecule has 0 bridgehead atoms. The Hall–Kier alpha value is -1.80. The molecule has 0 N–H and O–H groups in total. The molecule has 0 fully saturated rings. The van der Waals surface area contributed by atoms with Crippen molar-refractivity contribution >= 4 is 17.1 Å². The van der Waals surface area contributed by atoms with Gasteiger partial charge in [-0.2, -0.15) is 0 Å². The number of rotatable bonds is 1. The number of benzene rings is 1. The molecule has 2 nitrogen and oxygen atoms in total. The van der Waals surface area contributed by atoms with Crippen molar-refractivity contribution in [1.82, 2.24) is 9.38 Å². The summed E-state index contributed by atoms with van der Waals surface area (Å²) in [5, 5.41) is 0.713. The Balaban J connectivity index is 2.31. The molecular weight excluding hydrogens is 232 g/mol. The van der Waals surface area contributed by atoms with Crippen LogP contribution in [0.2, 0.25) is 5.02 Å². The van der Waals surface area contributed by atoms with Gasteiger partial charge in [0.25, 0.3) is 0 Å². The summed E-state index contributed by atoms with van der Waals surface area (Å²) in [6.45, 7) is 2.08. The minimum Gasteiger partial charge on any atom is -0.298 e. The van der Waals surface area contributed by atoms with Gasteiger partial charge in [-0.1, -0.05) is 35.9 Å². The van der Waals surface area contributed by atoms with Crippen LogP contribution in [0.4, 0.5) is 0 Å². The molecule has 0 aliphatic carbocycles. The van der Waals surface area contributed by atoms with E-state index in [1.807, 2.05) is 41.1 Å². The fraction of sp³-hybridized carbons (Fsp3) is 0.0714. The first-order valence-corrected chi connectivity index (χ1v) is 5.82. The summed E-state index contributed by atoms with van der Waals surface area (Å²) in [6.07, 6.45) is 3.75. The zero-order chi connectivity index (χ0) is 11.8. The lowest BCUT2D eigenvalue weighted by Gasteiger charge is -2.05. The summed E-state index contributed by atoms with van der Waals surface area (Å²) < 4.78 is 2.02. The normalized spacial score (nSPS) is 10.9. The van der Waals surface area contributed by atoms with Gasteiger partial charge >= 0.3 is 0 Å². The first-order chi connectivity index (χ1) is 8.25. The molecule has 2 heterocycles. The van der Waals surface area contributed by atoms with Crippen LogP contribution < -0.4 is 0 Å². The van der Waals surface area contributed by atoms with Crippen LogP contribution in [0.3, 0.4) is 0 Å². The van der Waals surface area contributed by atoms with Crippen molar-refractivity contribution in [2.75, 3.05) is 0 Å². The number of halogens is 1. The van der Waals surface area contributed by atoms with Gasteiger partial charge in [-0.25, -0.2) is 4.98 Å². The van der Waals surface area contributed by atoms with Gasteiger partial charge in [-0.15, -0.1) is 0 Å². The Morgan fingerprint density at radius 3 is 2.76 bits per heavy atom. The number of pyridine rings is 1. The Labute approximate surface area is 104 Å². The highest BCUT2D eigenvalue weighted by Crippen LogP contribution is 2.24. The van der Waals surface area contributed by atoms with E-state index in [4.69, 9.17) is 11.6 Å². The molecule has 0 atom stereocenters. The minimum atomic E-state index is 0.713. The van der Waals surface area contributed by atoms with E-state index in [0.29, 0.717) is 5.02 Å². The molecule has 1 aromatic carbocycles. The van der Waals surface area contributed by atoms with Crippen LogP contribution in [0.25, 0.3) is 16.9 Å². The van der Waals surface area contributed by atoms with Crippen LogP contribution in [-0.2, 0) is 0 Å². The van der Waals surface area contributed by atoms with E-state index in [9.17, 15) is 0 Å². The molecule has 0 aliphatic heterocycles. The Kier molecular flexibility index (Phi) is 2.37. The maximum absolute atomic E-state index is 6.03. The van der Waals surface area contributed by atoms with Gasteiger partial charge in [0, 0.05) is 11.8 Å². The molecule has 0 radical (unpaired) electrons. The smallest absolute Gasteiger partial charge is 0.144 e. The highest BCUT2D eigenvalue weighted by Gasteiger charge is 2.08. The van der Waals surface area contributed by atoms with Crippen LogP contribution in [0.1, 0.15) is 5.56 Å². The lowest BCUT2D eigenvalue weighted by atomic mass is 10.1. The van der Waals surface area contributed by atoms with Gasteiger partial charge in [0.2, 0.25) is 0 Å². The van der Waals surface area contributed by atoms with Crippen molar-refractivity contribution in [3.8, 4) is 11.4 Å². The summed E-state index contributed by atoms with van der Waals surface area (Å²) in [5.41, 5.74) is 3.39. The number of aryl methyl sites for hydroxylation is 1. The van der Waals surface area contributed by atoms with E-state index < -0.39 is 0 Å². The maximum atomic E-state index is 6.03. The monoisotopic (exact) mass is 242 g/mol. The van der Waals surface area contributed by atoms with Crippen molar-refractivity contribution in [2.45, 2.75) is 6.92 Å².